The van der Waals surface area contributed by atoms with Crippen LogP contribution in [0.5, 0.6) is 5.75 Å². The Labute approximate surface area is 236 Å². The zero-order valence-corrected chi connectivity index (χ0v) is 22.9. The van der Waals surface area contributed by atoms with Crippen LogP contribution in [0.3, 0.4) is 0 Å². The van der Waals surface area contributed by atoms with Crippen molar-refractivity contribution >= 4 is 12.3 Å². The molecule has 1 aliphatic carbocycles. The first kappa shape index (κ1) is 30.7. The number of alkyl halides is 3. The first-order valence-electron chi connectivity index (χ1n) is 14.0. The second-order valence-corrected chi connectivity index (χ2v) is 11.1. The average Bonchev–Trinajstić information content (AvgIpc) is 3.45. The highest BCUT2D eigenvalue weighted by atomic mass is 19.4. The number of benzene rings is 2. The molecule has 3 aliphatic rings. The summed E-state index contributed by atoms with van der Waals surface area (Å²) < 4.78 is 75.8. The van der Waals surface area contributed by atoms with Gasteiger partial charge >= 0.3 is 6.18 Å². The third-order valence-electron chi connectivity index (χ3n) is 8.47. The monoisotopic (exact) mass is 581 g/mol. The van der Waals surface area contributed by atoms with Crippen LogP contribution in [0, 0.1) is 23.0 Å². The molecule has 0 unspecified atom stereocenters. The summed E-state index contributed by atoms with van der Waals surface area (Å²) in [4.78, 5) is 24.7. The maximum absolute atomic E-state index is 14.8. The molecule has 0 atom stereocenters. The first-order valence-corrected chi connectivity index (χ1v) is 14.0. The fourth-order valence-electron chi connectivity index (χ4n) is 5.85. The minimum Gasteiger partial charge on any atom is -0.490 e. The van der Waals surface area contributed by atoms with Crippen LogP contribution in [-0.2, 0) is 4.79 Å². The molecule has 41 heavy (non-hydrogen) atoms. The van der Waals surface area contributed by atoms with Gasteiger partial charge in [0.1, 0.15) is 5.82 Å². The SMILES string of the molecule is NC=O.O=C(c1ccc(-c2ccc(OCC3CCN(CC4(C(F)(F)F)CCC4)CC3)c(F)c2)c(F)c1)N1CCCC1. The van der Waals surface area contributed by atoms with E-state index in [2.05, 4.69) is 5.73 Å². The van der Waals surface area contributed by atoms with E-state index in [9.17, 15) is 26.7 Å². The number of likely N-dealkylation sites (tertiary alicyclic amines) is 2. The van der Waals surface area contributed by atoms with E-state index in [4.69, 9.17) is 9.53 Å². The molecule has 5 rings (SSSR count). The summed E-state index contributed by atoms with van der Waals surface area (Å²) in [7, 11) is 0. The zero-order valence-electron chi connectivity index (χ0n) is 22.9. The molecule has 3 fully saturated rings. The second kappa shape index (κ2) is 13.2. The van der Waals surface area contributed by atoms with Gasteiger partial charge in [-0.15, -0.1) is 0 Å². The average molecular weight is 582 g/mol. The summed E-state index contributed by atoms with van der Waals surface area (Å²) in [6.45, 7) is 2.82. The number of ether oxygens (including phenoxy) is 1. The van der Waals surface area contributed by atoms with Crippen molar-refractivity contribution in [3.63, 3.8) is 0 Å². The van der Waals surface area contributed by atoms with Crippen molar-refractivity contribution in [2.75, 3.05) is 39.3 Å². The van der Waals surface area contributed by atoms with Crippen molar-refractivity contribution in [2.45, 2.75) is 51.1 Å². The number of rotatable bonds is 7. The van der Waals surface area contributed by atoms with E-state index in [0.717, 1.165) is 12.8 Å². The van der Waals surface area contributed by atoms with Crippen LogP contribution in [0.4, 0.5) is 22.0 Å². The van der Waals surface area contributed by atoms with E-state index in [1.165, 1.54) is 24.3 Å². The first-order chi connectivity index (χ1) is 19.6. The van der Waals surface area contributed by atoms with Crippen LogP contribution >= 0.6 is 0 Å². The van der Waals surface area contributed by atoms with Crippen molar-refractivity contribution in [3.8, 4) is 16.9 Å². The smallest absolute Gasteiger partial charge is 0.395 e. The minimum absolute atomic E-state index is 0.0583. The Hall–Kier alpha value is -3.21. The van der Waals surface area contributed by atoms with Gasteiger partial charge in [0, 0.05) is 30.8 Å². The molecule has 6 nitrogen and oxygen atoms in total. The van der Waals surface area contributed by atoms with Gasteiger partial charge in [0.15, 0.2) is 11.6 Å². The van der Waals surface area contributed by atoms with Gasteiger partial charge in [-0.1, -0.05) is 18.6 Å². The molecular formula is C30H36F5N3O3. The number of carbonyl (C=O) groups is 2. The van der Waals surface area contributed by atoms with E-state index in [1.807, 2.05) is 4.90 Å². The van der Waals surface area contributed by atoms with Gasteiger partial charge in [0.25, 0.3) is 5.91 Å². The highest BCUT2D eigenvalue weighted by Crippen LogP contribution is 2.53. The topological polar surface area (TPSA) is 75.9 Å². The molecule has 2 N–H and O–H groups in total. The molecule has 2 aromatic carbocycles. The molecular weight excluding hydrogens is 545 g/mol. The van der Waals surface area contributed by atoms with E-state index in [-0.39, 0.29) is 61.1 Å². The Balaban J connectivity index is 0.00000124. The summed E-state index contributed by atoms with van der Waals surface area (Å²) in [6.07, 6.45) is 0.418. The quantitative estimate of drug-likeness (QED) is 0.332. The zero-order chi connectivity index (χ0) is 29.6. The van der Waals surface area contributed by atoms with Crippen molar-refractivity contribution in [3.05, 3.63) is 53.6 Å². The number of hydrogen-bond acceptors (Lipinski definition) is 4. The Kier molecular flexibility index (Phi) is 9.88. The minimum atomic E-state index is -4.16. The van der Waals surface area contributed by atoms with Crippen LogP contribution in [0.15, 0.2) is 36.4 Å². The predicted molar refractivity (Wildman–Crippen MR) is 144 cm³/mol. The lowest BCUT2D eigenvalue weighted by molar-refractivity contribution is -0.256. The number of halogens is 5. The van der Waals surface area contributed by atoms with E-state index < -0.39 is 23.2 Å². The van der Waals surface area contributed by atoms with Crippen LogP contribution in [-0.4, -0.2) is 67.6 Å². The number of carbonyl (C=O) groups excluding carboxylic acids is 2. The lowest BCUT2D eigenvalue weighted by Crippen LogP contribution is -2.53. The lowest BCUT2D eigenvalue weighted by Gasteiger charge is -2.47. The molecule has 2 aromatic rings. The van der Waals surface area contributed by atoms with E-state index >= 15 is 0 Å². The molecule has 224 valence electrons. The van der Waals surface area contributed by atoms with Crippen molar-refractivity contribution in [1.29, 1.82) is 0 Å². The Morgan fingerprint density at radius 1 is 0.976 bits per heavy atom. The summed E-state index contributed by atoms with van der Waals surface area (Å²) in [6, 6.07) is 8.52. The third-order valence-corrected chi connectivity index (χ3v) is 8.47. The fraction of sp³-hybridized carbons (Fsp3) is 0.533. The largest absolute Gasteiger partial charge is 0.490 e. The lowest BCUT2D eigenvalue weighted by atomic mass is 9.67. The molecule has 2 saturated heterocycles. The maximum Gasteiger partial charge on any atom is 0.395 e. The number of primary amides is 1. The van der Waals surface area contributed by atoms with Crippen molar-refractivity contribution in [1.82, 2.24) is 9.80 Å². The van der Waals surface area contributed by atoms with Gasteiger partial charge in [-0.2, -0.15) is 13.2 Å². The number of nitrogens with zero attached hydrogens (tertiary/aromatic N) is 2. The fourth-order valence-corrected chi connectivity index (χ4v) is 5.85. The molecule has 2 aliphatic heterocycles. The van der Waals surface area contributed by atoms with Crippen LogP contribution in [0.2, 0.25) is 0 Å². The molecule has 11 heteroatoms. The Morgan fingerprint density at radius 3 is 2.17 bits per heavy atom. The summed E-state index contributed by atoms with van der Waals surface area (Å²) >= 11 is 0. The standard InChI is InChI=1S/C29H33F5N2O2.CH3NO/c30-24-17-22(27(37)36-12-1-2-13-36)4-6-23(24)21-5-7-26(25(31)16-21)38-18-20-8-14-35(15-9-20)19-28(10-3-11-28)29(32,33)34;2-1-3/h4-7,16-17,20H,1-3,8-15,18-19H2;1H,(H2,2,3). The normalized spacial score (nSPS) is 19.2. The number of amides is 2. The van der Waals surface area contributed by atoms with Crippen LogP contribution < -0.4 is 10.5 Å². The second-order valence-electron chi connectivity index (χ2n) is 11.1. The summed E-state index contributed by atoms with van der Waals surface area (Å²) in [5.41, 5.74) is 3.44. The predicted octanol–water partition coefficient (Wildman–Crippen LogP) is 5.79. The highest BCUT2D eigenvalue weighted by Gasteiger charge is 2.58. The van der Waals surface area contributed by atoms with Gasteiger partial charge < -0.3 is 20.3 Å². The maximum atomic E-state index is 14.8. The van der Waals surface area contributed by atoms with Gasteiger partial charge in [-0.05, 0) is 87.4 Å². The molecule has 1 saturated carbocycles. The van der Waals surface area contributed by atoms with E-state index in [0.29, 0.717) is 51.0 Å². The van der Waals surface area contributed by atoms with E-state index in [1.54, 1.807) is 17.0 Å². The van der Waals surface area contributed by atoms with Gasteiger partial charge in [-0.3, -0.25) is 9.59 Å². The van der Waals surface area contributed by atoms with Crippen molar-refractivity contribution in [2.24, 2.45) is 17.1 Å². The van der Waals surface area contributed by atoms with Gasteiger partial charge in [0.05, 0.1) is 12.0 Å². The number of nitrogens with two attached hydrogens (primary N) is 1. The number of hydrogen-bond donors (Lipinski definition) is 1. The molecule has 0 aromatic heterocycles. The molecule has 2 heterocycles. The van der Waals surface area contributed by atoms with Crippen molar-refractivity contribution < 1.29 is 36.3 Å². The third kappa shape index (κ3) is 7.17. The summed E-state index contributed by atoms with van der Waals surface area (Å²) in [5.74, 6) is -1.22. The van der Waals surface area contributed by atoms with Gasteiger partial charge in [0.2, 0.25) is 6.41 Å². The Morgan fingerprint density at radius 2 is 1.63 bits per heavy atom. The molecule has 0 bridgehead atoms. The number of piperidine rings is 1. The molecule has 0 radical (unpaired) electrons. The van der Waals surface area contributed by atoms with Crippen LogP contribution in [0.25, 0.3) is 11.1 Å². The van der Waals surface area contributed by atoms with Gasteiger partial charge in [-0.25, -0.2) is 8.78 Å². The Bertz CT molecular complexity index is 1200. The molecule has 2 amide bonds. The molecule has 0 spiro atoms. The highest BCUT2D eigenvalue weighted by molar-refractivity contribution is 5.95. The summed E-state index contributed by atoms with van der Waals surface area (Å²) in [5, 5.41) is 0. The van der Waals surface area contributed by atoms with Crippen LogP contribution in [0.1, 0.15) is 55.3 Å².